The van der Waals surface area contributed by atoms with Crippen LogP contribution in [0.4, 0.5) is 13.2 Å². The van der Waals surface area contributed by atoms with Gasteiger partial charge in [-0.1, -0.05) is 12.1 Å². The first-order chi connectivity index (χ1) is 7.80. The smallest absolute Gasteiger partial charge is 0.377 e. The van der Waals surface area contributed by atoms with Crippen LogP contribution in [-0.4, -0.2) is 12.7 Å². The molecule has 0 heterocycles. The summed E-state index contributed by atoms with van der Waals surface area (Å²) in [5.74, 6) is 0. The predicted octanol–water partition coefficient (Wildman–Crippen LogP) is 3.13. The fourth-order valence-electron chi connectivity index (χ4n) is 1.34. The first kappa shape index (κ1) is 14.0. The summed E-state index contributed by atoms with van der Waals surface area (Å²) in [5, 5.41) is 0. The molecule has 1 atom stereocenters. The van der Waals surface area contributed by atoms with Crippen LogP contribution in [0.1, 0.15) is 31.0 Å². The molecule has 1 rings (SSSR count). The van der Waals surface area contributed by atoms with Crippen LogP contribution in [0.5, 0.6) is 0 Å². The summed E-state index contributed by atoms with van der Waals surface area (Å²) in [6.07, 6.45) is -4.33. The Morgan fingerprint density at radius 2 is 1.94 bits per heavy atom. The third-order valence-corrected chi connectivity index (χ3v) is 2.25. The maximum absolute atomic E-state index is 12.5. The number of alkyl halides is 3. The maximum atomic E-state index is 12.5. The van der Waals surface area contributed by atoms with E-state index in [4.69, 9.17) is 10.5 Å². The first-order valence-electron chi connectivity index (χ1n) is 5.35. The second-order valence-electron chi connectivity index (χ2n) is 4.11. The van der Waals surface area contributed by atoms with Crippen LogP contribution in [0.15, 0.2) is 24.3 Å². The van der Waals surface area contributed by atoms with Crippen molar-refractivity contribution in [2.24, 2.45) is 5.73 Å². The predicted molar refractivity (Wildman–Crippen MR) is 59.5 cm³/mol. The van der Waals surface area contributed by atoms with E-state index in [9.17, 15) is 13.2 Å². The van der Waals surface area contributed by atoms with Crippen molar-refractivity contribution in [1.29, 1.82) is 0 Å². The summed E-state index contributed by atoms with van der Waals surface area (Å²) in [4.78, 5) is 0. The van der Waals surface area contributed by atoms with Gasteiger partial charge in [-0.2, -0.15) is 13.2 Å². The number of ether oxygens (including phenoxy) is 1. The topological polar surface area (TPSA) is 35.2 Å². The molecule has 0 aliphatic heterocycles. The molecule has 0 aliphatic carbocycles. The Balaban J connectivity index is 2.77. The third-order valence-electron chi connectivity index (χ3n) is 2.25. The van der Waals surface area contributed by atoms with E-state index in [1.54, 1.807) is 6.07 Å². The Morgan fingerprint density at radius 1 is 1.29 bits per heavy atom. The zero-order valence-electron chi connectivity index (χ0n) is 9.79. The van der Waals surface area contributed by atoms with Crippen LogP contribution in [0.2, 0.25) is 0 Å². The van der Waals surface area contributed by atoms with Crippen molar-refractivity contribution in [2.75, 3.05) is 6.61 Å². The molecule has 96 valence electrons. The molecule has 0 saturated carbocycles. The van der Waals surface area contributed by atoms with Crippen molar-refractivity contribution in [3.63, 3.8) is 0 Å². The van der Waals surface area contributed by atoms with Gasteiger partial charge in [-0.3, -0.25) is 0 Å². The monoisotopic (exact) mass is 247 g/mol. The number of benzene rings is 1. The Bertz CT molecular complexity index is 363. The van der Waals surface area contributed by atoms with Crippen molar-refractivity contribution >= 4 is 0 Å². The molecule has 0 aromatic heterocycles. The van der Waals surface area contributed by atoms with Gasteiger partial charge in [0, 0.05) is 0 Å². The quantitative estimate of drug-likeness (QED) is 0.887. The molecule has 1 aromatic rings. The summed E-state index contributed by atoms with van der Waals surface area (Å²) in [6.45, 7) is 3.90. The van der Waals surface area contributed by atoms with E-state index in [1.807, 2.05) is 13.8 Å². The lowest BCUT2D eigenvalue weighted by Crippen LogP contribution is -2.20. The molecule has 2 nitrogen and oxygen atoms in total. The van der Waals surface area contributed by atoms with Gasteiger partial charge < -0.3 is 10.5 Å². The van der Waals surface area contributed by atoms with Gasteiger partial charge in [0.1, 0.15) is 0 Å². The molecule has 17 heavy (non-hydrogen) atoms. The molecule has 0 bridgehead atoms. The zero-order valence-corrected chi connectivity index (χ0v) is 9.79. The average Bonchev–Trinajstić information content (AvgIpc) is 2.25. The van der Waals surface area contributed by atoms with Crippen LogP contribution in [0.3, 0.4) is 0 Å². The minimum atomic E-state index is -4.34. The third kappa shape index (κ3) is 4.36. The van der Waals surface area contributed by atoms with Gasteiger partial charge >= 0.3 is 6.18 Å². The van der Waals surface area contributed by atoms with Gasteiger partial charge in [-0.05, 0) is 31.5 Å². The highest BCUT2D eigenvalue weighted by Crippen LogP contribution is 2.30. The van der Waals surface area contributed by atoms with E-state index in [0.717, 1.165) is 12.1 Å². The fraction of sp³-hybridized carbons (Fsp3) is 0.500. The Hall–Kier alpha value is -1.07. The standard InChI is InChI=1S/C12H16F3NO/c1-8(2)17-7-11(16)9-4-3-5-10(6-9)12(13,14)15/h3-6,8,11H,7,16H2,1-2H3/t11-/m0/s1. The highest BCUT2D eigenvalue weighted by molar-refractivity contribution is 5.27. The minimum absolute atomic E-state index is 0.00634. The minimum Gasteiger partial charge on any atom is -0.377 e. The zero-order chi connectivity index (χ0) is 13.1. The first-order valence-corrected chi connectivity index (χ1v) is 5.35. The van der Waals surface area contributed by atoms with Crippen molar-refractivity contribution in [2.45, 2.75) is 32.2 Å². The summed E-state index contributed by atoms with van der Waals surface area (Å²) in [6, 6.07) is 4.48. The van der Waals surface area contributed by atoms with Gasteiger partial charge in [0.2, 0.25) is 0 Å². The summed E-state index contributed by atoms with van der Waals surface area (Å²) in [7, 11) is 0. The van der Waals surface area contributed by atoms with Crippen LogP contribution in [0.25, 0.3) is 0 Å². The van der Waals surface area contributed by atoms with Crippen molar-refractivity contribution < 1.29 is 17.9 Å². The molecular weight excluding hydrogens is 231 g/mol. The van der Waals surface area contributed by atoms with E-state index < -0.39 is 17.8 Å². The highest BCUT2D eigenvalue weighted by Gasteiger charge is 2.30. The van der Waals surface area contributed by atoms with Crippen LogP contribution < -0.4 is 5.73 Å². The van der Waals surface area contributed by atoms with Crippen molar-refractivity contribution in [1.82, 2.24) is 0 Å². The largest absolute Gasteiger partial charge is 0.416 e. The molecule has 0 amide bonds. The Labute approximate surface area is 98.6 Å². The number of hydrogen-bond donors (Lipinski definition) is 1. The lowest BCUT2D eigenvalue weighted by atomic mass is 10.0. The number of rotatable bonds is 4. The molecular formula is C12H16F3NO. The molecule has 0 radical (unpaired) electrons. The van der Waals surface area contributed by atoms with E-state index in [0.29, 0.717) is 5.56 Å². The number of nitrogens with two attached hydrogens (primary N) is 1. The fourth-order valence-corrected chi connectivity index (χ4v) is 1.34. The highest BCUT2D eigenvalue weighted by atomic mass is 19.4. The molecule has 0 fully saturated rings. The summed E-state index contributed by atoms with van der Waals surface area (Å²) in [5.41, 5.74) is 5.51. The number of halogens is 3. The van der Waals surface area contributed by atoms with E-state index in [1.165, 1.54) is 6.07 Å². The van der Waals surface area contributed by atoms with Gasteiger partial charge in [-0.25, -0.2) is 0 Å². The SMILES string of the molecule is CC(C)OC[C@H](N)c1cccc(C(F)(F)F)c1. The van der Waals surface area contributed by atoms with Crippen LogP contribution in [0, 0.1) is 0 Å². The Morgan fingerprint density at radius 3 is 2.47 bits per heavy atom. The normalized spacial score (nSPS) is 14.1. The second kappa shape index (κ2) is 5.51. The lowest BCUT2D eigenvalue weighted by molar-refractivity contribution is -0.137. The summed E-state index contributed by atoms with van der Waals surface area (Å²) >= 11 is 0. The van der Waals surface area contributed by atoms with Gasteiger partial charge in [0.05, 0.1) is 24.3 Å². The molecule has 2 N–H and O–H groups in total. The van der Waals surface area contributed by atoms with E-state index >= 15 is 0 Å². The Kier molecular flexibility index (Phi) is 4.54. The molecule has 0 spiro atoms. The number of hydrogen-bond acceptors (Lipinski definition) is 2. The van der Waals surface area contributed by atoms with Crippen molar-refractivity contribution in [3.8, 4) is 0 Å². The van der Waals surface area contributed by atoms with Gasteiger partial charge in [0.25, 0.3) is 0 Å². The molecule has 1 aromatic carbocycles. The summed E-state index contributed by atoms with van der Waals surface area (Å²) < 4.78 is 42.7. The van der Waals surface area contributed by atoms with E-state index in [-0.39, 0.29) is 12.7 Å². The lowest BCUT2D eigenvalue weighted by Gasteiger charge is -2.16. The second-order valence-corrected chi connectivity index (χ2v) is 4.11. The van der Waals surface area contributed by atoms with Gasteiger partial charge in [-0.15, -0.1) is 0 Å². The van der Waals surface area contributed by atoms with E-state index in [2.05, 4.69) is 0 Å². The molecule has 5 heteroatoms. The van der Waals surface area contributed by atoms with Crippen LogP contribution >= 0.6 is 0 Å². The van der Waals surface area contributed by atoms with Crippen LogP contribution in [-0.2, 0) is 10.9 Å². The maximum Gasteiger partial charge on any atom is 0.416 e. The van der Waals surface area contributed by atoms with Gasteiger partial charge in [0.15, 0.2) is 0 Å². The van der Waals surface area contributed by atoms with Crippen molar-refractivity contribution in [3.05, 3.63) is 35.4 Å². The molecule has 0 aliphatic rings. The average molecular weight is 247 g/mol. The molecule has 0 saturated heterocycles. The molecule has 0 unspecified atom stereocenters.